The first kappa shape index (κ1) is 16.1. The number of para-hydroxylation sites is 1. The number of hydrogen-bond donors (Lipinski definition) is 1. The first-order chi connectivity index (χ1) is 12.2. The van der Waals surface area contributed by atoms with Gasteiger partial charge in [-0.3, -0.25) is 14.6 Å². The topological polar surface area (TPSA) is 62.3 Å². The van der Waals surface area contributed by atoms with Gasteiger partial charge < -0.3 is 10.2 Å². The Balaban J connectivity index is 1.47. The van der Waals surface area contributed by atoms with Crippen LogP contribution in [0.5, 0.6) is 0 Å². The van der Waals surface area contributed by atoms with Crippen molar-refractivity contribution in [2.75, 3.05) is 19.6 Å². The van der Waals surface area contributed by atoms with E-state index in [0.717, 1.165) is 72.9 Å². The number of nitrogens with zero attached hydrogens (tertiary/aromatic N) is 2. The third-order valence-electron chi connectivity index (χ3n) is 5.21. The van der Waals surface area contributed by atoms with Crippen LogP contribution in [0.1, 0.15) is 47.3 Å². The van der Waals surface area contributed by atoms with Crippen LogP contribution >= 0.6 is 0 Å². The molecule has 1 aromatic heterocycles. The monoisotopic (exact) mass is 337 g/mol. The Kier molecular flexibility index (Phi) is 4.38. The molecule has 130 valence electrons. The summed E-state index contributed by atoms with van der Waals surface area (Å²) in [7, 11) is 0. The molecule has 5 heteroatoms. The number of aryl methyl sites for hydroxylation is 1. The molecule has 1 aromatic carbocycles. The summed E-state index contributed by atoms with van der Waals surface area (Å²) < 4.78 is 0. The maximum atomic E-state index is 12.9. The van der Waals surface area contributed by atoms with E-state index in [1.54, 1.807) is 0 Å². The van der Waals surface area contributed by atoms with E-state index in [4.69, 9.17) is 4.98 Å². The highest BCUT2D eigenvalue weighted by molar-refractivity contribution is 6.07. The number of nitrogens with one attached hydrogen (secondary N) is 1. The Bertz CT molecular complexity index is 831. The molecule has 2 heterocycles. The molecule has 0 unspecified atom stereocenters. The van der Waals surface area contributed by atoms with Crippen molar-refractivity contribution in [3.63, 3.8) is 0 Å². The van der Waals surface area contributed by atoms with Crippen molar-refractivity contribution in [2.45, 2.75) is 38.5 Å². The summed E-state index contributed by atoms with van der Waals surface area (Å²) in [5.41, 5.74) is 3.89. The molecule has 0 radical (unpaired) electrons. The Morgan fingerprint density at radius 3 is 2.88 bits per heavy atom. The molecule has 25 heavy (non-hydrogen) atoms. The predicted molar refractivity (Wildman–Crippen MR) is 96.5 cm³/mol. The van der Waals surface area contributed by atoms with Gasteiger partial charge in [-0.2, -0.15) is 0 Å². The highest BCUT2D eigenvalue weighted by Gasteiger charge is 2.24. The normalized spacial score (nSPS) is 16.5. The third kappa shape index (κ3) is 3.11. The highest BCUT2D eigenvalue weighted by Crippen LogP contribution is 2.29. The summed E-state index contributed by atoms with van der Waals surface area (Å²) in [6.07, 6.45) is 5.37. The molecule has 0 bridgehead atoms. The molecule has 1 aliphatic heterocycles. The molecule has 1 fully saturated rings. The summed E-state index contributed by atoms with van der Waals surface area (Å²) in [6, 6.07) is 7.88. The van der Waals surface area contributed by atoms with Crippen LogP contribution in [-0.2, 0) is 17.6 Å². The quantitative estimate of drug-likeness (QED) is 0.853. The number of rotatable bonds is 5. The maximum Gasteiger partial charge on any atom is 0.252 e. The van der Waals surface area contributed by atoms with Gasteiger partial charge in [0.15, 0.2) is 0 Å². The number of pyridine rings is 1. The van der Waals surface area contributed by atoms with E-state index in [0.29, 0.717) is 13.0 Å². The fraction of sp³-hybridized carbons (Fsp3) is 0.450. The average Bonchev–Trinajstić information content (AvgIpc) is 3.25. The van der Waals surface area contributed by atoms with E-state index < -0.39 is 0 Å². The van der Waals surface area contributed by atoms with E-state index in [1.165, 1.54) is 0 Å². The Morgan fingerprint density at radius 2 is 2.04 bits per heavy atom. The maximum absolute atomic E-state index is 12.9. The van der Waals surface area contributed by atoms with Gasteiger partial charge >= 0.3 is 0 Å². The second-order valence-electron chi connectivity index (χ2n) is 6.88. The third-order valence-corrected chi connectivity index (χ3v) is 5.21. The number of amides is 2. The molecular weight excluding hydrogens is 314 g/mol. The minimum atomic E-state index is -0.00972. The van der Waals surface area contributed by atoms with Crippen molar-refractivity contribution in [2.24, 2.45) is 0 Å². The fourth-order valence-electron chi connectivity index (χ4n) is 3.97. The molecular formula is C20H23N3O2. The summed E-state index contributed by atoms with van der Waals surface area (Å²) >= 11 is 0. The van der Waals surface area contributed by atoms with Gasteiger partial charge in [0.1, 0.15) is 0 Å². The average molecular weight is 337 g/mol. The summed E-state index contributed by atoms with van der Waals surface area (Å²) in [4.78, 5) is 31.1. The first-order valence-corrected chi connectivity index (χ1v) is 9.20. The van der Waals surface area contributed by atoms with Crippen LogP contribution in [0, 0.1) is 0 Å². The SMILES string of the molecule is O=C(NCCCN1CCCC1=O)c1c2c(nc3ccccc13)CCC2. The molecule has 4 rings (SSSR count). The highest BCUT2D eigenvalue weighted by atomic mass is 16.2. The molecule has 2 amide bonds. The lowest BCUT2D eigenvalue weighted by molar-refractivity contribution is -0.127. The number of aromatic nitrogens is 1. The van der Waals surface area contributed by atoms with Gasteiger partial charge in [-0.1, -0.05) is 18.2 Å². The zero-order valence-corrected chi connectivity index (χ0v) is 14.4. The van der Waals surface area contributed by atoms with Crippen molar-refractivity contribution >= 4 is 22.7 Å². The van der Waals surface area contributed by atoms with Gasteiger partial charge in [-0.05, 0) is 43.7 Å². The lowest BCUT2D eigenvalue weighted by atomic mass is 10.0. The molecule has 1 saturated heterocycles. The van der Waals surface area contributed by atoms with Crippen LogP contribution in [0.4, 0.5) is 0 Å². The van der Waals surface area contributed by atoms with Gasteiger partial charge in [0, 0.05) is 37.1 Å². The van der Waals surface area contributed by atoms with Gasteiger partial charge in [0.2, 0.25) is 5.91 Å². The smallest absolute Gasteiger partial charge is 0.252 e. The number of likely N-dealkylation sites (tertiary alicyclic amines) is 1. The van der Waals surface area contributed by atoms with Gasteiger partial charge in [-0.15, -0.1) is 0 Å². The largest absolute Gasteiger partial charge is 0.352 e. The van der Waals surface area contributed by atoms with Crippen LogP contribution in [0.3, 0.4) is 0 Å². The minimum Gasteiger partial charge on any atom is -0.352 e. The molecule has 0 spiro atoms. The molecule has 5 nitrogen and oxygen atoms in total. The van der Waals surface area contributed by atoms with Crippen LogP contribution in [0.2, 0.25) is 0 Å². The van der Waals surface area contributed by atoms with Crippen LogP contribution in [0.15, 0.2) is 24.3 Å². The van der Waals surface area contributed by atoms with Crippen LogP contribution in [-0.4, -0.2) is 41.3 Å². The van der Waals surface area contributed by atoms with E-state index in [1.807, 2.05) is 29.2 Å². The lowest BCUT2D eigenvalue weighted by Gasteiger charge is -2.16. The number of fused-ring (bicyclic) bond motifs is 2. The number of hydrogen-bond acceptors (Lipinski definition) is 3. The van der Waals surface area contributed by atoms with Gasteiger partial charge in [0.05, 0.1) is 11.1 Å². The zero-order chi connectivity index (χ0) is 17.2. The van der Waals surface area contributed by atoms with Crippen molar-refractivity contribution in [3.05, 3.63) is 41.1 Å². The molecule has 0 atom stereocenters. The Labute approximate surface area is 147 Å². The van der Waals surface area contributed by atoms with Crippen LogP contribution < -0.4 is 5.32 Å². The van der Waals surface area contributed by atoms with E-state index in [2.05, 4.69) is 5.32 Å². The Hall–Kier alpha value is -2.43. The summed E-state index contributed by atoms with van der Waals surface area (Å²) in [5, 5.41) is 4.00. The Morgan fingerprint density at radius 1 is 1.16 bits per heavy atom. The van der Waals surface area contributed by atoms with E-state index in [-0.39, 0.29) is 11.8 Å². The molecule has 2 aliphatic rings. The van der Waals surface area contributed by atoms with Crippen molar-refractivity contribution in [1.29, 1.82) is 0 Å². The second kappa shape index (κ2) is 6.82. The van der Waals surface area contributed by atoms with E-state index >= 15 is 0 Å². The standard InChI is InChI=1S/C20H23N3O2/c24-18-10-4-12-23(18)13-5-11-21-20(25)19-14-6-1-2-8-16(14)22-17-9-3-7-15(17)19/h1-2,6,8H,3-5,7,9-13H2,(H,21,25). The van der Waals surface area contributed by atoms with Gasteiger partial charge in [-0.25, -0.2) is 0 Å². The zero-order valence-electron chi connectivity index (χ0n) is 14.4. The fourth-order valence-corrected chi connectivity index (χ4v) is 3.97. The summed E-state index contributed by atoms with van der Waals surface area (Å²) in [6.45, 7) is 2.18. The molecule has 1 N–H and O–H groups in total. The predicted octanol–water partition coefficient (Wildman–Crippen LogP) is 2.47. The number of carbonyl (C=O) groups excluding carboxylic acids is 2. The van der Waals surface area contributed by atoms with E-state index in [9.17, 15) is 9.59 Å². The molecule has 1 aliphatic carbocycles. The van der Waals surface area contributed by atoms with Crippen molar-refractivity contribution in [3.8, 4) is 0 Å². The number of benzene rings is 1. The molecule has 2 aromatic rings. The number of carbonyl (C=O) groups is 2. The second-order valence-corrected chi connectivity index (χ2v) is 6.88. The van der Waals surface area contributed by atoms with Gasteiger partial charge in [0.25, 0.3) is 5.91 Å². The molecule has 0 saturated carbocycles. The van der Waals surface area contributed by atoms with Crippen molar-refractivity contribution in [1.82, 2.24) is 15.2 Å². The first-order valence-electron chi connectivity index (χ1n) is 9.20. The minimum absolute atomic E-state index is 0.00972. The lowest BCUT2D eigenvalue weighted by Crippen LogP contribution is -2.31. The van der Waals surface area contributed by atoms with Crippen LogP contribution in [0.25, 0.3) is 10.9 Å². The summed E-state index contributed by atoms with van der Waals surface area (Å²) in [5.74, 6) is 0.230. The van der Waals surface area contributed by atoms with Crippen molar-refractivity contribution < 1.29 is 9.59 Å².